The fraction of sp³-hybridized carbons (Fsp3) is 0.200. The van der Waals surface area contributed by atoms with Crippen LogP contribution in [0.25, 0.3) is 10.8 Å². The van der Waals surface area contributed by atoms with Crippen molar-refractivity contribution in [1.82, 2.24) is 10.2 Å². The van der Waals surface area contributed by atoms with Gasteiger partial charge in [-0.15, -0.1) is 0 Å². The van der Waals surface area contributed by atoms with Crippen LogP contribution in [0.15, 0.2) is 42.5 Å². The summed E-state index contributed by atoms with van der Waals surface area (Å²) < 4.78 is 22.1. The van der Waals surface area contributed by atoms with Crippen molar-refractivity contribution in [2.24, 2.45) is 0 Å². The van der Waals surface area contributed by atoms with Gasteiger partial charge in [-0.1, -0.05) is 36.4 Å². The average Bonchev–Trinajstić information content (AvgIpc) is 2.53. The predicted octanol–water partition coefficient (Wildman–Crippen LogP) is 0.894. The molecule has 1 aliphatic heterocycles. The molecule has 0 aliphatic carbocycles. The molecule has 1 saturated heterocycles. The number of amides is 1. The maximum Gasteiger partial charge on any atom is 0.254 e. The zero-order valence-corrected chi connectivity index (χ0v) is 12.1. The molecule has 0 atom stereocenters. The van der Waals surface area contributed by atoms with Crippen molar-refractivity contribution in [2.45, 2.75) is 0 Å². The van der Waals surface area contributed by atoms with Gasteiger partial charge < -0.3 is 4.90 Å². The first-order valence-corrected chi connectivity index (χ1v) is 7.70. The van der Waals surface area contributed by atoms with Crippen molar-refractivity contribution in [3.05, 3.63) is 48.0 Å². The Morgan fingerprint density at radius 1 is 1.10 bits per heavy atom. The largest absolute Gasteiger partial charge is 0.331 e. The van der Waals surface area contributed by atoms with Gasteiger partial charge in [-0.25, -0.2) is 0 Å². The number of carbonyl (C=O) groups excluding carboxylic acids is 1. The fourth-order valence-electron chi connectivity index (χ4n) is 2.51. The van der Waals surface area contributed by atoms with E-state index in [0.29, 0.717) is 18.7 Å². The normalized spacial score (nSPS) is 15.2. The van der Waals surface area contributed by atoms with Crippen LogP contribution in [0.3, 0.4) is 0 Å². The number of carbonyl (C=O) groups is 1. The van der Waals surface area contributed by atoms with Crippen molar-refractivity contribution in [3.8, 4) is 0 Å². The van der Waals surface area contributed by atoms with E-state index < -0.39 is 10.3 Å². The molecule has 2 aromatic rings. The summed E-state index contributed by atoms with van der Waals surface area (Å²) in [4.78, 5) is 14.4. The van der Waals surface area contributed by atoms with Crippen LogP contribution >= 0.6 is 0 Å². The Bertz CT molecular complexity index is 830. The molecule has 5 nitrogen and oxygen atoms in total. The molecule has 3 rings (SSSR count). The Hall–Kier alpha value is -2.18. The molecule has 0 aromatic heterocycles. The second-order valence-corrected chi connectivity index (χ2v) is 5.80. The highest BCUT2D eigenvalue weighted by atomic mass is 32.2. The Labute approximate surface area is 123 Å². The molecular formula is C15H14N2O3S. The van der Waals surface area contributed by atoms with Crippen LogP contribution in [-0.2, 0) is 10.3 Å². The lowest BCUT2D eigenvalue weighted by Gasteiger charge is -2.27. The lowest BCUT2D eigenvalue weighted by molar-refractivity contribution is 0.0775. The highest BCUT2D eigenvalue weighted by molar-refractivity contribution is 7.72. The number of piperazine rings is 1. The zero-order chi connectivity index (χ0) is 14.8. The van der Waals surface area contributed by atoms with Gasteiger partial charge in [-0.2, -0.15) is 8.42 Å². The first-order valence-electron chi connectivity index (χ1n) is 6.63. The summed E-state index contributed by atoms with van der Waals surface area (Å²) in [5.41, 5.74) is 0.603. The van der Waals surface area contributed by atoms with E-state index in [1.807, 2.05) is 36.4 Å². The lowest BCUT2D eigenvalue weighted by atomic mass is 10.0. The van der Waals surface area contributed by atoms with Crippen LogP contribution in [0.4, 0.5) is 0 Å². The van der Waals surface area contributed by atoms with Crippen LogP contribution in [0.5, 0.6) is 0 Å². The molecule has 0 saturated carbocycles. The smallest absolute Gasteiger partial charge is 0.254 e. The Balaban J connectivity index is 1.99. The van der Waals surface area contributed by atoms with Gasteiger partial charge in [0.15, 0.2) is 0 Å². The first-order chi connectivity index (χ1) is 10.2. The van der Waals surface area contributed by atoms with E-state index >= 15 is 0 Å². The number of nitrogens with zero attached hydrogens (tertiary/aromatic N) is 1. The highest BCUT2D eigenvalue weighted by Crippen LogP contribution is 2.20. The van der Waals surface area contributed by atoms with Gasteiger partial charge in [0.1, 0.15) is 4.99 Å². The maximum absolute atomic E-state index is 12.7. The molecule has 1 aliphatic rings. The van der Waals surface area contributed by atoms with Crippen LogP contribution < -0.4 is 5.32 Å². The monoisotopic (exact) mass is 302 g/mol. The minimum atomic E-state index is -2.31. The number of hydrogen-bond donors (Lipinski definition) is 1. The summed E-state index contributed by atoms with van der Waals surface area (Å²) in [6.07, 6.45) is 0. The zero-order valence-electron chi connectivity index (χ0n) is 11.2. The van der Waals surface area contributed by atoms with Gasteiger partial charge in [0, 0.05) is 18.7 Å². The number of rotatable bonds is 1. The van der Waals surface area contributed by atoms with Gasteiger partial charge in [0.05, 0.1) is 6.54 Å². The standard InChI is InChI=1S/C15H14N2O3S/c18-15(17-9-8-16-14(10-17)21(19)20)13-7-3-5-11-4-1-2-6-12(11)13/h1-7,16H,8-10H2. The van der Waals surface area contributed by atoms with Crippen molar-refractivity contribution >= 4 is 32.0 Å². The van der Waals surface area contributed by atoms with Gasteiger partial charge in [0.2, 0.25) is 10.3 Å². The molecule has 1 fully saturated rings. The molecule has 1 N–H and O–H groups in total. The summed E-state index contributed by atoms with van der Waals surface area (Å²) in [6.45, 7) is 1.03. The van der Waals surface area contributed by atoms with Crippen LogP contribution in [-0.4, -0.2) is 43.8 Å². The van der Waals surface area contributed by atoms with Gasteiger partial charge in [-0.05, 0) is 16.8 Å². The molecule has 0 radical (unpaired) electrons. The maximum atomic E-state index is 12.7. The molecule has 108 valence electrons. The third-order valence-electron chi connectivity index (χ3n) is 3.55. The predicted molar refractivity (Wildman–Crippen MR) is 81.8 cm³/mol. The summed E-state index contributed by atoms with van der Waals surface area (Å²) in [5.74, 6) is -0.142. The molecule has 1 amide bonds. The second-order valence-electron chi connectivity index (χ2n) is 4.84. The van der Waals surface area contributed by atoms with E-state index in [1.54, 1.807) is 11.0 Å². The summed E-state index contributed by atoms with van der Waals surface area (Å²) in [6, 6.07) is 13.2. The van der Waals surface area contributed by atoms with E-state index in [-0.39, 0.29) is 17.4 Å². The number of benzene rings is 2. The summed E-state index contributed by atoms with van der Waals surface area (Å²) in [7, 11) is -2.31. The molecular weight excluding hydrogens is 288 g/mol. The summed E-state index contributed by atoms with van der Waals surface area (Å²) in [5, 5.41) is 4.68. The van der Waals surface area contributed by atoms with Gasteiger partial charge >= 0.3 is 0 Å². The van der Waals surface area contributed by atoms with E-state index in [4.69, 9.17) is 0 Å². The third kappa shape index (κ3) is 2.68. The third-order valence-corrected chi connectivity index (χ3v) is 4.22. The lowest BCUT2D eigenvalue weighted by Crippen LogP contribution is -2.50. The van der Waals surface area contributed by atoms with Crippen molar-refractivity contribution < 1.29 is 13.2 Å². The molecule has 1 heterocycles. The van der Waals surface area contributed by atoms with Crippen molar-refractivity contribution in [1.29, 1.82) is 0 Å². The van der Waals surface area contributed by atoms with Gasteiger partial charge in [0.25, 0.3) is 5.91 Å². The van der Waals surface area contributed by atoms with E-state index in [2.05, 4.69) is 5.32 Å². The molecule has 0 unspecified atom stereocenters. The van der Waals surface area contributed by atoms with Crippen molar-refractivity contribution in [3.63, 3.8) is 0 Å². The number of nitrogens with one attached hydrogen (secondary N) is 1. The highest BCUT2D eigenvalue weighted by Gasteiger charge is 2.23. The fourth-order valence-corrected chi connectivity index (χ4v) is 2.99. The van der Waals surface area contributed by atoms with Gasteiger partial charge in [-0.3, -0.25) is 10.1 Å². The number of hydrogen-bond acceptors (Lipinski definition) is 3. The Morgan fingerprint density at radius 3 is 2.67 bits per heavy atom. The average molecular weight is 302 g/mol. The minimum Gasteiger partial charge on any atom is -0.331 e. The molecule has 2 aromatic carbocycles. The quantitative estimate of drug-likeness (QED) is 0.795. The van der Waals surface area contributed by atoms with E-state index in [0.717, 1.165) is 10.8 Å². The SMILES string of the molecule is O=C(c1cccc2ccccc12)N1CCNC(=S(=O)=O)C1. The topological polar surface area (TPSA) is 66.5 Å². The number of fused-ring (bicyclic) bond motifs is 1. The van der Waals surface area contributed by atoms with Crippen LogP contribution in [0.1, 0.15) is 10.4 Å². The molecule has 21 heavy (non-hydrogen) atoms. The second kappa shape index (κ2) is 5.67. The minimum absolute atomic E-state index is 0.0954. The van der Waals surface area contributed by atoms with Crippen LogP contribution in [0, 0.1) is 0 Å². The summed E-state index contributed by atoms with van der Waals surface area (Å²) >= 11 is 0. The molecule has 6 heteroatoms. The van der Waals surface area contributed by atoms with E-state index in [1.165, 1.54) is 0 Å². The van der Waals surface area contributed by atoms with E-state index in [9.17, 15) is 13.2 Å². The Morgan fingerprint density at radius 2 is 1.86 bits per heavy atom. The molecule has 0 bridgehead atoms. The van der Waals surface area contributed by atoms with Crippen molar-refractivity contribution in [2.75, 3.05) is 19.6 Å². The van der Waals surface area contributed by atoms with Crippen LogP contribution in [0.2, 0.25) is 0 Å². The molecule has 0 spiro atoms. The first kappa shape index (κ1) is 13.8. The Kier molecular flexibility index (Phi) is 3.72.